The molecule has 5 heteroatoms. The van der Waals surface area contributed by atoms with E-state index in [-0.39, 0.29) is 5.41 Å². The average molecular weight is 247 g/mol. The summed E-state index contributed by atoms with van der Waals surface area (Å²) in [5.41, 5.74) is 1.08. The predicted molar refractivity (Wildman–Crippen MR) is 73.1 cm³/mol. The summed E-state index contributed by atoms with van der Waals surface area (Å²) in [5, 5.41) is 3.30. The largest absolute Gasteiger partial charge is 0.384 e. The maximum absolute atomic E-state index is 11.2. The topological polar surface area (TPSA) is 77.8 Å². The molecule has 1 aromatic heterocycles. The Kier molecular flexibility index (Phi) is 2.98. The van der Waals surface area contributed by atoms with Crippen LogP contribution in [0.15, 0.2) is 27.8 Å². The van der Waals surface area contributed by atoms with Crippen LogP contribution in [-0.4, -0.2) is 16.5 Å². The van der Waals surface area contributed by atoms with Crippen molar-refractivity contribution in [3.05, 3.63) is 38.9 Å². The van der Waals surface area contributed by atoms with Gasteiger partial charge in [-0.25, -0.2) is 0 Å². The van der Waals surface area contributed by atoms with E-state index >= 15 is 0 Å². The van der Waals surface area contributed by atoms with Crippen molar-refractivity contribution in [2.24, 2.45) is 5.41 Å². The van der Waals surface area contributed by atoms with Gasteiger partial charge < -0.3 is 15.3 Å². The molecule has 2 aromatic rings. The lowest BCUT2D eigenvalue weighted by molar-refractivity contribution is 0.443. The maximum atomic E-state index is 11.2. The quantitative estimate of drug-likeness (QED) is 0.706. The monoisotopic (exact) mass is 247 g/mol. The van der Waals surface area contributed by atoms with E-state index in [0.717, 1.165) is 12.2 Å². The molecular formula is C13H17N3O2. The van der Waals surface area contributed by atoms with Crippen molar-refractivity contribution in [3.63, 3.8) is 0 Å². The third-order valence-corrected chi connectivity index (χ3v) is 2.55. The highest BCUT2D eigenvalue weighted by Gasteiger charge is 2.09. The van der Waals surface area contributed by atoms with Crippen molar-refractivity contribution in [1.82, 2.24) is 9.97 Å². The summed E-state index contributed by atoms with van der Waals surface area (Å²) in [6, 6.07) is 5.47. The fourth-order valence-electron chi connectivity index (χ4n) is 1.59. The fraction of sp³-hybridized carbons (Fsp3) is 0.385. The van der Waals surface area contributed by atoms with Gasteiger partial charge in [0.1, 0.15) is 0 Å². The Morgan fingerprint density at radius 2 is 1.67 bits per heavy atom. The molecule has 0 saturated carbocycles. The summed E-state index contributed by atoms with van der Waals surface area (Å²) in [7, 11) is 0. The van der Waals surface area contributed by atoms with Gasteiger partial charge in [0.25, 0.3) is 0 Å². The first-order valence-electron chi connectivity index (χ1n) is 5.85. The highest BCUT2D eigenvalue weighted by atomic mass is 16.2. The van der Waals surface area contributed by atoms with Crippen molar-refractivity contribution in [2.45, 2.75) is 20.8 Å². The Bertz CT molecular complexity index is 677. The normalized spacial score (nSPS) is 11.7. The summed E-state index contributed by atoms with van der Waals surface area (Å²) >= 11 is 0. The van der Waals surface area contributed by atoms with E-state index in [4.69, 9.17) is 0 Å². The maximum Gasteiger partial charge on any atom is 0.314 e. The minimum Gasteiger partial charge on any atom is -0.384 e. The molecule has 1 aromatic carbocycles. The number of hydrogen-bond donors (Lipinski definition) is 3. The number of anilines is 1. The number of rotatable bonds is 2. The Labute approximate surface area is 104 Å². The van der Waals surface area contributed by atoms with Crippen LogP contribution in [0.2, 0.25) is 0 Å². The second kappa shape index (κ2) is 4.33. The van der Waals surface area contributed by atoms with Crippen LogP contribution in [0.5, 0.6) is 0 Å². The molecule has 2 rings (SSSR count). The smallest absolute Gasteiger partial charge is 0.314 e. The molecule has 0 saturated heterocycles. The highest BCUT2D eigenvalue weighted by Crippen LogP contribution is 2.17. The standard InChI is InChI=1S/C13H17N3O2/c1-13(2,3)7-14-8-4-5-9-10(6-8)16-12(18)11(17)15-9/h4-6,14H,7H2,1-3H3,(H,15,17)(H,16,18). The van der Waals surface area contributed by atoms with Crippen molar-refractivity contribution in [2.75, 3.05) is 11.9 Å². The van der Waals surface area contributed by atoms with Crippen LogP contribution in [0, 0.1) is 5.41 Å². The molecule has 0 atom stereocenters. The molecule has 0 fully saturated rings. The molecule has 5 nitrogen and oxygen atoms in total. The van der Waals surface area contributed by atoms with Gasteiger partial charge in [-0.3, -0.25) is 9.59 Å². The summed E-state index contributed by atoms with van der Waals surface area (Å²) in [4.78, 5) is 27.5. The van der Waals surface area contributed by atoms with Gasteiger partial charge in [-0.15, -0.1) is 0 Å². The van der Waals surface area contributed by atoms with E-state index in [1.807, 2.05) is 12.1 Å². The fourth-order valence-corrected chi connectivity index (χ4v) is 1.59. The zero-order valence-electron chi connectivity index (χ0n) is 10.8. The Morgan fingerprint density at radius 3 is 2.28 bits per heavy atom. The first kappa shape index (κ1) is 12.4. The number of fused-ring (bicyclic) bond motifs is 1. The zero-order valence-corrected chi connectivity index (χ0v) is 10.8. The molecule has 0 unspecified atom stereocenters. The van der Waals surface area contributed by atoms with Gasteiger partial charge in [0, 0.05) is 12.2 Å². The zero-order chi connectivity index (χ0) is 13.3. The van der Waals surface area contributed by atoms with Crippen LogP contribution in [0.1, 0.15) is 20.8 Å². The van der Waals surface area contributed by atoms with E-state index in [1.165, 1.54) is 0 Å². The van der Waals surface area contributed by atoms with E-state index in [2.05, 4.69) is 36.1 Å². The number of aromatic nitrogens is 2. The number of aromatic amines is 2. The molecule has 3 N–H and O–H groups in total. The summed E-state index contributed by atoms with van der Waals surface area (Å²) < 4.78 is 0. The second-order valence-corrected chi connectivity index (χ2v) is 5.58. The molecule has 1 heterocycles. The molecular weight excluding hydrogens is 230 g/mol. The van der Waals surface area contributed by atoms with Gasteiger partial charge in [0.05, 0.1) is 11.0 Å². The van der Waals surface area contributed by atoms with Crippen LogP contribution >= 0.6 is 0 Å². The summed E-state index contributed by atoms with van der Waals surface area (Å²) in [6.07, 6.45) is 0. The first-order valence-corrected chi connectivity index (χ1v) is 5.85. The van der Waals surface area contributed by atoms with E-state index in [1.54, 1.807) is 6.07 Å². The van der Waals surface area contributed by atoms with Crippen LogP contribution in [0.3, 0.4) is 0 Å². The third kappa shape index (κ3) is 2.80. The minimum absolute atomic E-state index is 0.174. The molecule has 0 amide bonds. The van der Waals surface area contributed by atoms with Gasteiger partial charge in [-0.05, 0) is 23.6 Å². The molecule has 18 heavy (non-hydrogen) atoms. The minimum atomic E-state index is -0.629. The van der Waals surface area contributed by atoms with Crippen LogP contribution in [-0.2, 0) is 0 Å². The van der Waals surface area contributed by atoms with Crippen molar-refractivity contribution < 1.29 is 0 Å². The summed E-state index contributed by atoms with van der Waals surface area (Å²) in [6.45, 7) is 7.24. The molecule has 0 spiro atoms. The summed E-state index contributed by atoms with van der Waals surface area (Å²) in [5.74, 6) is 0. The molecule has 0 bridgehead atoms. The molecule has 0 radical (unpaired) electrons. The van der Waals surface area contributed by atoms with Crippen molar-refractivity contribution >= 4 is 16.7 Å². The van der Waals surface area contributed by atoms with Gasteiger partial charge in [-0.1, -0.05) is 20.8 Å². The lowest BCUT2D eigenvalue weighted by Crippen LogP contribution is -2.28. The predicted octanol–water partition coefficient (Wildman–Crippen LogP) is 1.67. The Hall–Kier alpha value is -2.04. The third-order valence-electron chi connectivity index (χ3n) is 2.55. The molecule has 0 aliphatic carbocycles. The van der Waals surface area contributed by atoms with Crippen LogP contribution < -0.4 is 16.4 Å². The van der Waals surface area contributed by atoms with Crippen molar-refractivity contribution in [3.8, 4) is 0 Å². The van der Waals surface area contributed by atoms with E-state index in [9.17, 15) is 9.59 Å². The SMILES string of the molecule is CC(C)(C)CNc1ccc2[nH]c(=O)c(=O)[nH]c2c1. The highest BCUT2D eigenvalue weighted by molar-refractivity contribution is 5.78. The van der Waals surface area contributed by atoms with Gasteiger partial charge in [-0.2, -0.15) is 0 Å². The molecule has 0 aliphatic rings. The first-order chi connectivity index (χ1) is 8.35. The Balaban J connectivity index is 2.36. The Morgan fingerprint density at radius 1 is 1.06 bits per heavy atom. The molecule has 96 valence electrons. The van der Waals surface area contributed by atoms with Gasteiger partial charge in [0.2, 0.25) is 0 Å². The van der Waals surface area contributed by atoms with Crippen LogP contribution in [0.25, 0.3) is 11.0 Å². The second-order valence-electron chi connectivity index (χ2n) is 5.58. The van der Waals surface area contributed by atoms with Gasteiger partial charge in [0.15, 0.2) is 0 Å². The van der Waals surface area contributed by atoms with Crippen molar-refractivity contribution in [1.29, 1.82) is 0 Å². The average Bonchev–Trinajstić information content (AvgIpc) is 2.27. The van der Waals surface area contributed by atoms with Gasteiger partial charge >= 0.3 is 11.1 Å². The lowest BCUT2D eigenvalue weighted by atomic mass is 9.97. The van der Waals surface area contributed by atoms with Crippen LogP contribution in [0.4, 0.5) is 5.69 Å². The number of nitrogens with one attached hydrogen (secondary N) is 3. The number of hydrogen-bond acceptors (Lipinski definition) is 3. The van der Waals surface area contributed by atoms with E-state index in [0.29, 0.717) is 11.0 Å². The molecule has 0 aliphatic heterocycles. The van der Waals surface area contributed by atoms with E-state index < -0.39 is 11.1 Å². The lowest BCUT2D eigenvalue weighted by Gasteiger charge is -2.19. The number of H-pyrrole nitrogens is 2. The number of benzene rings is 1.